The highest BCUT2D eigenvalue weighted by atomic mass is 16.5. The van der Waals surface area contributed by atoms with Crippen LogP contribution in [0.1, 0.15) is 84.5 Å². The lowest BCUT2D eigenvalue weighted by atomic mass is 9.70. The summed E-state index contributed by atoms with van der Waals surface area (Å²) in [5.41, 5.74) is 0. The van der Waals surface area contributed by atoms with Crippen molar-refractivity contribution in [2.45, 2.75) is 90.6 Å². The molecule has 21 heavy (non-hydrogen) atoms. The first kappa shape index (κ1) is 17.1. The van der Waals surface area contributed by atoms with Gasteiger partial charge in [-0.1, -0.05) is 31.9 Å². The molecular weight excluding hydrogens is 256 g/mol. The second-order valence-corrected chi connectivity index (χ2v) is 7.33. The molecule has 0 unspecified atom stereocenters. The van der Waals surface area contributed by atoms with E-state index in [1.54, 1.807) is 0 Å². The Kier molecular flexibility index (Phi) is 7.85. The van der Waals surface area contributed by atoms with Crippen molar-refractivity contribution in [3.05, 3.63) is 12.2 Å². The average molecular weight is 293 g/mol. The minimum absolute atomic E-state index is 0.582. The summed E-state index contributed by atoms with van der Waals surface area (Å²) >= 11 is 0. The Morgan fingerprint density at radius 1 is 0.905 bits per heavy atom. The SMILES string of the molecule is C/C=C/CC[C@H]1CC[C@H]([C@H]2CC[C@H](OCCC)CC2)CC1. The third-order valence-corrected chi connectivity index (χ3v) is 5.81. The lowest BCUT2D eigenvalue weighted by Crippen LogP contribution is -2.28. The molecule has 2 saturated carbocycles. The molecule has 2 aliphatic carbocycles. The zero-order valence-electron chi connectivity index (χ0n) is 14.4. The molecule has 0 radical (unpaired) electrons. The van der Waals surface area contributed by atoms with Gasteiger partial charge in [0, 0.05) is 6.61 Å². The topological polar surface area (TPSA) is 9.23 Å². The summed E-state index contributed by atoms with van der Waals surface area (Å²) in [5, 5.41) is 0. The molecule has 0 aromatic rings. The van der Waals surface area contributed by atoms with E-state index in [0.717, 1.165) is 30.8 Å². The molecule has 1 nitrogen and oxygen atoms in total. The summed E-state index contributed by atoms with van der Waals surface area (Å²) in [6.07, 6.45) is 20.5. The fourth-order valence-corrected chi connectivity index (χ4v) is 4.46. The molecule has 0 aliphatic heterocycles. The zero-order chi connectivity index (χ0) is 14.9. The maximum atomic E-state index is 5.93. The van der Waals surface area contributed by atoms with Crippen molar-refractivity contribution in [3.63, 3.8) is 0 Å². The first-order valence-corrected chi connectivity index (χ1v) is 9.56. The van der Waals surface area contributed by atoms with Gasteiger partial charge in [-0.05, 0) is 82.5 Å². The van der Waals surface area contributed by atoms with Crippen LogP contribution in [0.15, 0.2) is 12.2 Å². The van der Waals surface area contributed by atoms with E-state index >= 15 is 0 Å². The number of allylic oxidation sites excluding steroid dienone is 2. The standard InChI is InChI=1S/C20H36O/c1-3-5-6-7-17-8-10-18(11-9-17)19-12-14-20(15-13-19)21-16-4-2/h3,5,17-20H,4,6-16H2,1-2H3/b5-3+/t17-,18-,19-,20-. The van der Waals surface area contributed by atoms with Crippen LogP contribution in [0.5, 0.6) is 0 Å². The Morgan fingerprint density at radius 3 is 2.10 bits per heavy atom. The second kappa shape index (κ2) is 9.66. The van der Waals surface area contributed by atoms with Gasteiger partial charge in [0.1, 0.15) is 0 Å². The maximum Gasteiger partial charge on any atom is 0.0575 e. The zero-order valence-corrected chi connectivity index (χ0v) is 14.4. The number of ether oxygens (including phenoxy) is 1. The van der Waals surface area contributed by atoms with E-state index in [9.17, 15) is 0 Å². The summed E-state index contributed by atoms with van der Waals surface area (Å²) < 4.78 is 5.93. The fraction of sp³-hybridized carbons (Fsp3) is 0.900. The van der Waals surface area contributed by atoms with Crippen molar-refractivity contribution in [1.29, 1.82) is 0 Å². The third-order valence-electron chi connectivity index (χ3n) is 5.81. The van der Waals surface area contributed by atoms with E-state index in [1.807, 2.05) is 0 Å². The summed E-state index contributed by atoms with van der Waals surface area (Å²) in [6.45, 7) is 5.31. The number of hydrogen-bond acceptors (Lipinski definition) is 1. The highest BCUT2D eigenvalue weighted by Gasteiger charge is 2.30. The Hall–Kier alpha value is -0.300. The van der Waals surface area contributed by atoms with E-state index in [2.05, 4.69) is 26.0 Å². The minimum Gasteiger partial charge on any atom is -0.378 e. The van der Waals surface area contributed by atoms with Crippen LogP contribution in [-0.4, -0.2) is 12.7 Å². The summed E-state index contributed by atoms with van der Waals surface area (Å²) in [4.78, 5) is 0. The van der Waals surface area contributed by atoms with Crippen LogP contribution in [0.4, 0.5) is 0 Å². The molecular formula is C20H36O. The smallest absolute Gasteiger partial charge is 0.0575 e. The van der Waals surface area contributed by atoms with E-state index in [-0.39, 0.29) is 0 Å². The van der Waals surface area contributed by atoms with Crippen molar-refractivity contribution < 1.29 is 4.74 Å². The second-order valence-electron chi connectivity index (χ2n) is 7.33. The van der Waals surface area contributed by atoms with Crippen LogP contribution in [0, 0.1) is 17.8 Å². The van der Waals surface area contributed by atoms with Crippen molar-refractivity contribution in [2.24, 2.45) is 17.8 Å². The Morgan fingerprint density at radius 2 is 1.52 bits per heavy atom. The molecule has 2 rings (SSSR count). The van der Waals surface area contributed by atoms with E-state index in [1.165, 1.54) is 64.2 Å². The van der Waals surface area contributed by atoms with Crippen LogP contribution in [0.3, 0.4) is 0 Å². The number of hydrogen-bond donors (Lipinski definition) is 0. The van der Waals surface area contributed by atoms with Gasteiger partial charge in [0.05, 0.1) is 6.10 Å². The maximum absolute atomic E-state index is 5.93. The average Bonchev–Trinajstić information content (AvgIpc) is 2.54. The van der Waals surface area contributed by atoms with Crippen LogP contribution in [0.25, 0.3) is 0 Å². The van der Waals surface area contributed by atoms with Gasteiger partial charge in [-0.3, -0.25) is 0 Å². The molecule has 0 bridgehead atoms. The third kappa shape index (κ3) is 5.77. The molecule has 0 spiro atoms. The molecule has 0 atom stereocenters. The Balaban J connectivity index is 1.62. The van der Waals surface area contributed by atoms with Gasteiger partial charge >= 0.3 is 0 Å². The molecule has 0 amide bonds. The molecule has 1 heteroatoms. The van der Waals surface area contributed by atoms with Crippen molar-refractivity contribution in [3.8, 4) is 0 Å². The fourth-order valence-electron chi connectivity index (χ4n) is 4.46. The predicted molar refractivity (Wildman–Crippen MR) is 91.5 cm³/mol. The van der Waals surface area contributed by atoms with E-state index < -0.39 is 0 Å². The van der Waals surface area contributed by atoms with Crippen molar-refractivity contribution in [1.82, 2.24) is 0 Å². The van der Waals surface area contributed by atoms with E-state index in [0.29, 0.717) is 6.10 Å². The lowest BCUT2D eigenvalue weighted by Gasteiger charge is -2.37. The van der Waals surface area contributed by atoms with Gasteiger partial charge < -0.3 is 4.74 Å². The van der Waals surface area contributed by atoms with Gasteiger partial charge in [-0.25, -0.2) is 0 Å². The van der Waals surface area contributed by atoms with Crippen molar-refractivity contribution in [2.75, 3.05) is 6.61 Å². The molecule has 2 aliphatic rings. The van der Waals surface area contributed by atoms with Gasteiger partial charge in [-0.15, -0.1) is 0 Å². The first-order chi connectivity index (χ1) is 10.3. The lowest BCUT2D eigenvalue weighted by molar-refractivity contribution is 0.00730. The van der Waals surface area contributed by atoms with Crippen LogP contribution < -0.4 is 0 Å². The molecule has 122 valence electrons. The highest BCUT2D eigenvalue weighted by molar-refractivity contribution is 4.84. The molecule has 0 aromatic heterocycles. The summed E-state index contributed by atoms with van der Waals surface area (Å²) in [7, 11) is 0. The summed E-state index contributed by atoms with van der Waals surface area (Å²) in [5.74, 6) is 3.07. The monoisotopic (exact) mass is 292 g/mol. The minimum atomic E-state index is 0.582. The molecule has 0 heterocycles. The highest BCUT2D eigenvalue weighted by Crippen LogP contribution is 2.41. The quantitative estimate of drug-likeness (QED) is 0.512. The van der Waals surface area contributed by atoms with Crippen LogP contribution in [0.2, 0.25) is 0 Å². The molecule has 2 fully saturated rings. The largest absolute Gasteiger partial charge is 0.378 e. The predicted octanol–water partition coefficient (Wildman–Crippen LogP) is 6.13. The van der Waals surface area contributed by atoms with Crippen LogP contribution in [-0.2, 0) is 4.74 Å². The van der Waals surface area contributed by atoms with Gasteiger partial charge in [0.25, 0.3) is 0 Å². The summed E-state index contributed by atoms with van der Waals surface area (Å²) in [6, 6.07) is 0. The van der Waals surface area contributed by atoms with Gasteiger partial charge in [-0.2, -0.15) is 0 Å². The molecule has 0 N–H and O–H groups in total. The van der Waals surface area contributed by atoms with Crippen molar-refractivity contribution >= 4 is 0 Å². The molecule has 0 aromatic carbocycles. The normalized spacial score (nSPS) is 34.4. The van der Waals surface area contributed by atoms with Crippen LogP contribution >= 0.6 is 0 Å². The Bertz CT molecular complexity index is 280. The van der Waals surface area contributed by atoms with E-state index in [4.69, 9.17) is 4.74 Å². The molecule has 0 saturated heterocycles. The first-order valence-electron chi connectivity index (χ1n) is 9.56. The Labute approximate surface area is 132 Å². The number of rotatable bonds is 7. The van der Waals surface area contributed by atoms with Gasteiger partial charge in [0.15, 0.2) is 0 Å². The van der Waals surface area contributed by atoms with Gasteiger partial charge in [0.2, 0.25) is 0 Å².